The first-order valence-electron chi connectivity index (χ1n) is 14.1. The van der Waals surface area contributed by atoms with Gasteiger partial charge in [0.2, 0.25) is 22.1 Å². The molecule has 0 unspecified atom stereocenters. The second-order valence-electron chi connectivity index (χ2n) is 10.2. The van der Waals surface area contributed by atoms with Gasteiger partial charge in [-0.15, -0.1) is 0 Å². The van der Waals surface area contributed by atoms with Crippen LogP contribution in [0.3, 0.4) is 0 Å². The number of sulfonamides is 1. The first kappa shape index (κ1) is 30.5. The molecule has 1 aliphatic carbocycles. The second kappa shape index (κ2) is 13.6. The minimum atomic E-state index is -3.91. The predicted molar refractivity (Wildman–Crippen MR) is 161 cm³/mol. The van der Waals surface area contributed by atoms with Gasteiger partial charge in [-0.05, 0) is 64.6 Å². The molecule has 0 saturated heterocycles. The van der Waals surface area contributed by atoms with E-state index in [1.807, 2.05) is 18.2 Å². The van der Waals surface area contributed by atoms with E-state index < -0.39 is 22.3 Å². The number of allylic oxidation sites excluding steroid dienone is 1. The van der Waals surface area contributed by atoms with Gasteiger partial charge in [-0.3, -0.25) is 0 Å². The zero-order valence-electron chi connectivity index (χ0n) is 24.0. The summed E-state index contributed by atoms with van der Waals surface area (Å²) in [6, 6.07) is 20.5. The number of hydrogen-bond donors (Lipinski definition) is 1. The van der Waals surface area contributed by atoms with Crippen molar-refractivity contribution in [1.29, 1.82) is 0 Å². The van der Waals surface area contributed by atoms with Crippen LogP contribution in [-0.2, 0) is 35.4 Å². The quantitative estimate of drug-likeness (QED) is 0.176. The molecule has 5 rings (SSSR count). The highest BCUT2D eigenvalue weighted by Crippen LogP contribution is 2.43. The molecule has 0 fully saturated rings. The van der Waals surface area contributed by atoms with Crippen LogP contribution >= 0.6 is 0 Å². The zero-order valence-corrected chi connectivity index (χ0v) is 24.8. The molecular weight excluding hydrogens is 570 g/mol. The summed E-state index contributed by atoms with van der Waals surface area (Å²) >= 11 is 0. The SMILES string of the molecule is C=CCOC(=O)C1=C[C@@H](c2cccc3c2Cc2ccccc2-3)C[C@@H](OCCN(CCO)S(=O)(=O)c2ccc(OC)cc2)O1. The number of esters is 1. The summed E-state index contributed by atoms with van der Waals surface area (Å²) in [5.74, 6) is -0.262. The van der Waals surface area contributed by atoms with Crippen molar-refractivity contribution in [3.63, 3.8) is 0 Å². The van der Waals surface area contributed by atoms with Gasteiger partial charge in [0.1, 0.15) is 12.4 Å². The lowest BCUT2D eigenvalue weighted by atomic mass is 9.87. The number of hydrogen-bond acceptors (Lipinski definition) is 8. The Bertz CT molecular complexity index is 1600. The van der Waals surface area contributed by atoms with Crippen molar-refractivity contribution in [2.75, 3.05) is 40.0 Å². The van der Waals surface area contributed by atoms with Gasteiger partial charge >= 0.3 is 5.97 Å². The number of carbonyl (C=O) groups excluding carboxylic acids is 1. The fraction of sp³-hybridized carbons (Fsp3) is 0.303. The van der Waals surface area contributed by atoms with Crippen LogP contribution in [0.5, 0.6) is 5.75 Å². The van der Waals surface area contributed by atoms with Crippen molar-refractivity contribution in [2.45, 2.75) is 29.9 Å². The molecule has 2 aliphatic rings. The number of rotatable bonds is 13. The zero-order chi connectivity index (χ0) is 30.4. The van der Waals surface area contributed by atoms with Gasteiger partial charge in [-0.2, -0.15) is 4.31 Å². The van der Waals surface area contributed by atoms with Crippen molar-refractivity contribution < 1.29 is 37.3 Å². The topological polar surface area (TPSA) is 112 Å². The predicted octanol–water partition coefficient (Wildman–Crippen LogP) is 4.41. The third-order valence-corrected chi connectivity index (χ3v) is 9.48. The summed E-state index contributed by atoms with van der Waals surface area (Å²) in [6.07, 6.45) is 3.62. The van der Waals surface area contributed by atoms with E-state index in [0.29, 0.717) is 12.2 Å². The molecule has 0 spiro atoms. The lowest BCUT2D eigenvalue weighted by Crippen LogP contribution is -2.37. The average molecular weight is 606 g/mol. The van der Waals surface area contributed by atoms with Gasteiger partial charge in [-0.1, -0.05) is 55.1 Å². The number of fused-ring (bicyclic) bond motifs is 3. The summed E-state index contributed by atoms with van der Waals surface area (Å²) in [6.45, 7) is 3.10. The molecule has 0 aromatic heterocycles. The Morgan fingerprint density at radius 1 is 1.07 bits per heavy atom. The molecule has 3 aromatic carbocycles. The third kappa shape index (κ3) is 6.67. The Labute approximate surface area is 252 Å². The minimum Gasteiger partial charge on any atom is -0.497 e. The molecule has 0 radical (unpaired) electrons. The number of aliphatic hydroxyl groups excluding tert-OH is 1. The van der Waals surface area contributed by atoms with E-state index in [1.165, 1.54) is 47.6 Å². The molecule has 1 N–H and O–H groups in total. The Kier molecular flexibility index (Phi) is 9.62. The molecule has 3 aromatic rings. The molecular formula is C33H35NO8S. The van der Waals surface area contributed by atoms with Crippen LogP contribution in [0.1, 0.15) is 29.0 Å². The number of ether oxygens (including phenoxy) is 4. The van der Waals surface area contributed by atoms with Crippen LogP contribution in [0.2, 0.25) is 0 Å². The monoisotopic (exact) mass is 605 g/mol. The number of carbonyl (C=O) groups is 1. The van der Waals surface area contributed by atoms with Gasteiger partial charge in [0.05, 0.1) is 25.2 Å². The van der Waals surface area contributed by atoms with E-state index in [-0.39, 0.29) is 49.5 Å². The summed E-state index contributed by atoms with van der Waals surface area (Å²) in [5, 5.41) is 9.59. The smallest absolute Gasteiger partial charge is 0.373 e. The maximum Gasteiger partial charge on any atom is 0.373 e. The Morgan fingerprint density at radius 3 is 2.58 bits per heavy atom. The summed E-state index contributed by atoms with van der Waals surface area (Å²) in [5.41, 5.74) is 5.90. The second-order valence-corrected chi connectivity index (χ2v) is 12.1. The van der Waals surface area contributed by atoms with E-state index in [4.69, 9.17) is 18.9 Å². The highest BCUT2D eigenvalue weighted by Gasteiger charge is 2.33. The maximum atomic E-state index is 13.3. The Balaban J connectivity index is 1.34. The normalized spacial score (nSPS) is 17.4. The first-order chi connectivity index (χ1) is 20.8. The van der Waals surface area contributed by atoms with Crippen LogP contribution in [0.4, 0.5) is 0 Å². The fourth-order valence-electron chi connectivity index (χ4n) is 5.50. The van der Waals surface area contributed by atoms with Crippen LogP contribution in [0, 0.1) is 0 Å². The largest absolute Gasteiger partial charge is 0.497 e. The standard InChI is InChI=1S/C33H35NO8S/c1-3-18-41-33(36)31-21-24(28-9-6-10-29-27-8-5-4-7-23(27)20-30(28)29)22-32(42-31)40-19-16-34(15-17-35)43(37,38)26-13-11-25(39-2)12-14-26/h3-14,21,24,32,35H,1,15-20,22H2,2H3/t24-,32+/m1/s1. The van der Waals surface area contributed by atoms with Crippen LogP contribution in [0.25, 0.3) is 11.1 Å². The third-order valence-electron chi connectivity index (χ3n) is 7.57. The lowest BCUT2D eigenvalue weighted by Gasteiger charge is -2.30. The molecule has 1 aliphatic heterocycles. The van der Waals surface area contributed by atoms with Crippen LogP contribution < -0.4 is 4.74 Å². The fourth-order valence-corrected chi connectivity index (χ4v) is 6.92. The molecule has 10 heteroatoms. The van der Waals surface area contributed by atoms with Gasteiger partial charge in [-0.25, -0.2) is 13.2 Å². The van der Waals surface area contributed by atoms with E-state index in [2.05, 4.69) is 30.8 Å². The van der Waals surface area contributed by atoms with E-state index >= 15 is 0 Å². The van der Waals surface area contributed by atoms with Crippen molar-refractivity contribution >= 4 is 16.0 Å². The summed E-state index contributed by atoms with van der Waals surface area (Å²) in [4.78, 5) is 12.9. The van der Waals surface area contributed by atoms with Crippen molar-refractivity contribution in [3.05, 3.63) is 108 Å². The molecule has 1 heterocycles. The van der Waals surface area contributed by atoms with Gasteiger partial charge < -0.3 is 24.1 Å². The van der Waals surface area contributed by atoms with E-state index in [0.717, 1.165) is 16.3 Å². The lowest BCUT2D eigenvalue weighted by molar-refractivity contribution is -0.160. The molecule has 0 bridgehead atoms. The van der Waals surface area contributed by atoms with Crippen molar-refractivity contribution in [2.24, 2.45) is 0 Å². The number of aliphatic hydroxyl groups is 1. The highest BCUT2D eigenvalue weighted by atomic mass is 32.2. The first-order valence-corrected chi connectivity index (χ1v) is 15.5. The Hall–Kier alpha value is -3.96. The molecule has 0 saturated carbocycles. The molecule has 43 heavy (non-hydrogen) atoms. The highest BCUT2D eigenvalue weighted by molar-refractivity contribution is 7.89. The van der Waals surface area contributed by atoms with Crippen molar-refractivity contribution in [3.8, 4) is 16.9 Å². The number of benzene rings is 3. The van der Waals surface area contributed by atoms with E-state index in [1.54, 1.807) is 18.2 Å². The summed E-state index contributed by atoms with van der Waals surface area (Å²) < 4.78 is 50.1. The number of nitrogens with zero attached hydrogens (tertiary/aromatic N) is 1. The minimum absolute atomic E-state index is 0.0277. The van der Waals surface area contributed by atoms with Crippen molar-refractivity contribution in [1.82, 2.24) is 4.31 Å². The van der Waals surface area contributed by atoms with Gasteiger partial charge in [0, 0.05) is 25.4 Å². The maximum absolute atomic E-state index is 13.3. The molecule has 0 amide bonds. The van der Waals surface area contributed by atoms with Crippen LogP contribution in [0.15, 0.2) is 96.1 Å². The molecule has 2 atom stereocenters. The van der Waals surface area contributed by atoms with E-state index in [9.17, 15) is 18.3 Å². The Morgan fingerprint density at radius 2 is 1.84 bits per heavy atom. The average Bonchev–Trinajstić information content (AvgIpc) is 3.42. The molecule has 9 nitrogen and oxygen atoms in total. The molecule has 226 valence electrons. The van der Waals surface area contributed by atoms with Gasteiger partial charge in [0.15, 0.2) is 0 Å². The van der Waals surface area contributed by atoms with Crippen LogP contribution in [-0.4, -0.2) is 70.1 Å². The van der Waals surface area contributed by atoms with Gasteiger partial charge in [0.25, 0.3) is 0 Å². The summed E-state index contributed by atoms with van der Waals surface area (Å²) in [7, 11) is -2.41. The number of methoxy groups -OCH3 is 1.